The molecule has 24 heavy (non-hydrogen) atoms. The van der Waals surface area contributed by atoms with E-state index in [1.807, 2.05) is 66.7 Å². The van der Waals surface area contributed by atoms with Gasteiger partial charge in [0.25, 0.3) is 0 Å². The second kappa shape index (κ2) is 8.70. The first kappa shape index (κ1) is 17.5. The van der Waals surface area contributed by atoms with Crippen LogP contribution in [0.2, 0.25) is 0 Å². The number of nitrogens with zero attached hydrogens (tertiary/aromatic N) is 1. The average molecular weight is 324 g/mol. The molecular formula is C19H20N2O3. The lowest BCUT2D eigenvalue weighted by Gasteiger charge is -2.20. The van der Waals surface area contributed by atoms with Crippen molar-refractivity contribution in [3.8, 4) is 6.07 Å². The van der Waals surface area contributed by atoms with Gasteiger partial charge in [0.2, 0.25) is 0 Å². The molecule has 2 rings (SSSR count). The molecule has 0 heterocycles. The third-order valence-corrected chi connectivity index (χ3v) is 3.62. The van der Waals surface area contributed by atoms with Gasteiger partial charge in [0, 0.05) is 0 Å². The zero-order valence-electron chi connectivity index (χ0n) is 13.3. The van der Waals surface area contributed by atoms with Gasteiger partial charge in [0.05, 0.1) is 12.6 Å². The normalized spacial score (nSPS) is 12.7. The molecule has 5 heteroatoms. The summed E-state index contributed by atoms with van der Waals surface area (Å²) in [5.41, 5.74) is 0.270. The van der Waals surface area contributed by atoms with E-state index < -0.39 is 11.7 Å². The Labute approximate surface area is 141 Å². The molecule has 2 aromatic rings. The van der Waals surface area contributed by atoms with E-state index in [0.29, 0.717) is 6.42 Å². The molecular weight excluding hydrogens is 304 g/mol. The first-order valence-electron chi connectivity index (χ1n) is 7.73. The molecule has 0 saturated carbocycles. The molecule has 5 nitrogen and oxygen atoms in total. The topological polar surface area (TPSA) is 82.4 Å². The van der Waals surface area contributed by atoms with E-state index in [0.717, 1.165) is 11.1 Å². The van der Waals surface area contributed by atoms with Crippen molar-refractivity contribution < 1.29 is 14.6 Å². The van der Waals surface area contributed by atoms with Crippen molar-refractivity contribution in [1.29, 1.82) is 5.26 Å². The van der Waals surface area contributed by atoms with Crippen molar-refractivity contribution >= 4 is 6.09 Å². The number of carbonyl (C=O) groups excluding carboxylic acids is 1. The van der Waals surface area contributed by atoms with Crippen molar-refractivity contribution in [3.05, 3.63) is 71.8 Å². The summed E-state index contributed by atoms with van der Waals surface area (Å²) in [5, 5.41) is 21.9. The Morgan fingerprint density at radius 3 is 2.25 bits per heavy atom. The van der Waals surface area contributed by atoms with Crippen LogP contribution < -0.4 is 5.32 Å². The van der Waals surface area contributed by atoms with Crippen LogP contribution in [-0.2, 0) is 17.8 Å². The summed E-state index contributed by atoms with van der Waals surface area (Å²) in [5.74, 6) is 0. The summed E-state index contributed by atoms with van der Waals surface area (Å²) in [6, 6.07) is 20.7. The highest BCUT2D eigenvalue weighted by Gasteiger charge is 2.27. The van der Waals surface area contributed by atoms with E-state index in [4.69, 9.17) is 4.74 Å². The number of alkyl carbamates (subject to hydrolysis) is 1. The van der Waals surface area contributed by atoms with Crippen LogP contribution in [0, 0.1) is 11.3 Å². The second-order valence-electron chi connectivity index (χ2n) is 5.54. The first-order valence-corrected chi connectivity index (χ1v) is 7.73. The number of ether oxygens (including phenoxy) is 1. The van der Waals surface area contributed by atoms with Crippen LogP contribution in [0.25, 0.3) is 0 Å². The first-order chi connectivity index (χ1) is 11.6. The van der Waals surface area contributed by atoms with Gasteiger partial charge in [-0.3, -0.25) is 0 Å². The van der Waals surface area contributed by atoms with Crippen molar-refractivity contribution in [2.75, 3.05) is 6.54 Å². The minimum Gasteiger partial charge on any atom is -0.445 e. The van der Waals surface area contributed by atoms with E-state index in [-0.39, 0.29) is 19.6 Å². The number of benzene rings is 2. The molecule has 1 unspecified atom stereocenters. The predicted molar refractivity (Wildman–Crippen MR) is 90.0 cm³/mol. The van der Waals surface area contributed by atoms with E-state index in [9.17, 15) is 15.2 Å². The fraction of sp³-hybridized carbons (Fsp3) is 0.263. The molecule has 0 saturated heterocycles. The molecule has 0 aliphatic carbocycles. The molecule has 0 aliphatic heterocycles. The van der Waals surface area contributed by atoms with Crippen LogP contribution in [0.15, 0.2) is 60.7 Å². The molecule has 0 spiro atoms. The van der Waals surface area contributed by atoms with Crippen molar-refractivity contribution in [1.82, 2.24) is 5.32 Å². The molecule has 124 valence electrons. The Balaban J connectivity index is 1.77. The van der Waals surface area contributed by atoms with Crippen LogP contribution in [0.3, 0.4) is 0 Å². The van der Waals surface area contributed by atoms with Crippen molar-refractivity contribution in [2.45, 2.75) is 25.0 Å². The maximum atomic E-state index is 11.7. The van der Waals surface area contributed by atoms with Gasteiger partial charge >= 0.3 is 6.09 Å². The molecule has 0 bridgehead atoms. The van der Waals surface area contributed by atoms with E-state index in [1.165, 1.54) is 0 Å². The SMILES string of the molecule is N#CC(O)(CCc1ccccc1)CNC(=O)OCc1ccccc1. The van der Waals surface area contributed by atoms with Crippen LogP contribution in [0.4, 0.5) is 4.79 Å². The fourth-order valence-corrected chi connectivity index (χ4v) is 2.17. The number of aryl methyl sites for hydroxylation is 1. The number of rotatable bonds is 7. The molecule has 2 N–H and O–H groups in total. The maximum Gasteiger partial charge on any atom is 0.407 e. The standard InChI is InChI=1S/C19H20N2O3/c20-14-19(23,12-11-16-7-3-1-4-8-16)15-21-18(22)24-13-17-9-5-2-6-10-17/h1-10,23H,11-13,15H2,(H,21,22). The Bertz CT molecular complexity index is 683. The minimum atomic E-state index is -1.62. The average Bonchev–Trinajstić information content (AvgIpc) is 2.65. The van der Waals surface area contributed by atoms with Gasteiger partial charge in [-0.1, -0.05) is 60.7 Å². The summed E-state index contributed by atoms with van der Waals surface area (Å²) < 4.78 is 5.06. The monoisotopic (exact) mass is 324 g/mol. The lowest BCUT2D eigenvalue weighted by Crippen LogP contribution is -2.42. The highest BCUT2D eigenvalue weighted by Crippen LogP contribution is 2.13. The van der Waals surface area contributed by atoms with Gasteiger partial charge < -0.3 is 15.2 Å². The summed E-state index contributed by atoms with van der Waals surface area (Å²) in [7, 11) is 0. The number of hydrogen-bond donors (Lipinski definition) is 2. The summed E-state index contributed by atoms with van der Waals surface area (Å²) in [4.78, 5) is 11.7. The van der Waals surface area contributed by atoms with Gasteiger partial charge in [-0.2, -0.15) is 5.26 Å². The number of amides is 1. The van der Waals surface area contributed by atoms with E-state index in [2.05, 4.69) is 5.32 Å². The molecule has 0 fully saturated rings. The molecule has 1 atom stereocenters. The Morgan fingerprint density at radius 1 is 1.08 bits per heavy atom. The smallest absolute Gasteiger partial charge is 0.407 e. The summed E-state index contributed by atoms with van der Waals surface area (Å²) in [6.07, 6.45) is 0.116. The van der Waals surface area contributed by atoms with Gasteiger partial charge in [0.15, 0.2) is 5.60 Å². The molecule has 0 aliphatic rings. The number of aliphatic hydroxyl groups is 1. The van der Waals surface area contributed by atoms with Gasteiger partial charge in [-0.25, -0.2) is 4.79 Å². The predicted octanol–water partition coefficient (Wildman–Crippen LogP) is 2.80. The summed E-state index contributed by atoms with van der Waals surface area (Å²) >= 11 is 0. The Morgan fingerprint density at radius 2 is 1.67 bits per heavy atom. The molecule has 0 radical (unpaired) electrons. The second-order valence-corrected chi connectivity index (χ2v) is 5.54. The number of nitrogens with one attached hydrogen (secondary N) is 1. The van der Waals surface area contributed by atoms with Crippen LogP contribution in [-0.4, -0.2) is 23.3 Å². The largest absolute Gasteiger partial charge is 0.445 e. The van der Waals surface area contributed by atoms with E-state index in [1.54, 1.807) is 0 Å². The minimum absolute atomic E-state index is 0.141. The van der Waals surface area contributed by atoms with Crippen LogP contribution in [0.1, 0.15) is 17.5 Å². The van der Waals surface area contributed by atoms with E-state index >= 15 is 0 Å². The van der Waals surface area contributed by atoms with Gasteiger partial charge in [0.1, 0.15) is 6.61 Å². The quantitative estimate of drug-likeness (QED) is 0.767. The van der Waals surface area contributed by atoms with Crippen LogP contribution in [0.5, 0.6) is 0 Å². The molecule has 2 aromatic carbocycles. The number of hydrogen-bond acceptors (Lipinski definition) is 4. The molecule has 0 aromatic heterocycles. The third kappa shape index (κ3) is 5.75. The highest BCUT2D eigenvalue weighted by molar-refractivity contribution is 5.67. The zero-order chi connectivity index (χ0) is 17.3. The molecule has 1 amide bonds. The van der Waals surface area contributed by atoms with Crippen molar-refractivity contribution in [2.24, 2.45) is 0 Å². The van der Waals surface area contributed by atoms with Gasteiger partial charge in [-0.15, -0.1) is 0 Å². The fourth-order valence-electron chi connectivity index (χ4n) is 2.17. The Kier molecular flexibility index (Phi) is 6.35. The van der Waals surface area contributed by atoms with Crippen molar-refractivity contribution in [3.63, 3.8) is 0 Å². The summed E-state index contributed by atoms with van der Waals surface area (Å²) in [6.45, 7) is -0.0361. The number of carbonyl (C=O) groups is 1. The lowest BCUT2D eigenvalue weighted by molar-refractivity contribution is 0.0807. The van der Waals surface area contributed by atoms with Crippen LogP contribution >= 0.6 is 0 Å². The number of nitriles is 1. The van der Waals surface area contributed by atoms with Gasteiger partial charge in [-0.05, 0) is 24.0 Å². The highest BCUT2D eigenvalue weighted by atomic mass is 16.5. The Hall–Kier alpha value is -2.84. The maximum absolute atomic E-state index is 11.7. The third-order valence-electron chi connectivity index (χ3n) is 3.62. The lowest BCUT2D eigenvalue weighted by atomic mass is 9.96. The zero-order valence-corrected chi connectivity index (χ0v) is 13.3.